The van der Waals surface area contributed by atoms with E-state index < -0.39 is 0 Å². The average molecular weight is 309 g/mol. The molecular weight excluding hydrogens is 290 g/mol. The zero-order valence-corrected chi connectivity index (χ0v) is 13.4. The average Bonchev–Trinajstić information content (AvgIpc) is 3.03. The Balaban J connectivity index is 1.71. The molecule has 3 nitrogen and oxygen atoms in total. The summed E-state index contributed by atoms with van der Waals surface area (Å²) in [6.07, 6.45) is 1.88. The largest absolute Gasteiger partial charge is 0.363 e. The molecule has 0 saturated carbocycles. The van der Waals surface area contributed by atoms with Gasteiger partial charge in [-0.3, -0.25) is 5.10 Å². The fourth-order valence-electron chi connectivity index (χ4n) is 3.08. The van der Waals surface area contributed by atoms with Crippen LogP contribution in [0.4, 0.5) is 5.69 Å². The maximum Gasteiger partial charge on any atom is 0.0670 e. The minimum absolute atomic E-state index is 0.444. The third-order valence-corrected chi connectivity index (χ3v) is 5.37. The molecule has 1 aliphatic rings. The van der Waals surface area contributed by atoms with Gasteiger partial charge in [0.05, 0.1) is 17.8 Å². The molecule has 1 aliphatic heterocycles. The minimum atomic E-state index is 0.444. The second-order valence-electron chi connectivity index (χ2n) is 5.84. The number of rotatable bonds is 2. The Kier molecular flexibility index (Phi) is 3.54. The van der Waals surface area contributed by atoms with E-state index in [1.54, 1.807) is 0 Å². The first-order valence-corrected chi connectivity index (χ1v) is 8.81. The van der Waals surface area contributed by atoms with Crippen LogP contribution in [0, 0.1) is 6.92 Å². The molecule has 0 amide bonds. The summed E-state index contributed by atoms with van der Waals surface area (Å²) in [5, 5.41) is 8.37. The molecule has 1 fully saturated rings. The third kappa shape index (κ3) is 2.48. The number of hydrogen-bond donors (Lipinski definition) is 1. The summed E-state index contributed by atoms with van der Waals surface area (Å²) in [7, 11) is 0. The van der Waals surface area contributed by atoms with E-state index in [0.717, 1.165) is 17.8 Å². The second kappa shape index (κ2) is 5.69. The van der Waals surface area contributed by atoms with Crippen molar-refractivity contribution in [2.24, 2.45) is 0 Å². The van der Waals surface area contributed by atoms with Crippen molar-refractivity contribution in [3.8, 4) is 0 Å². The van der Waals surface area contributed by atoms with E-state index in [9.17, 15) is 0 Å². The van der Waals surface area contributed by atoms with Gasteiger partial charge in [0.25, 0.3) is 0 Å². The molecule has 0 aliphatic carbocycles. The maximum absolute atomic E-state index is 4.13. The van der Waals surface area contributed by atoms with E-state index in [1.165, 1.54) is 28.0 Å². The van der Waals surface area contributed by atoms with Crippen LogP contribution < -0.4 is 4.90 Å². The zero-order chi connectivity index (χ0) is 14.9. The van der Waals surface area contributed by atoms with Crippen molar-refractivity contribution < 1.29 is 0 Å². The smallest absolute Gasteiger partial charge is 0.0670 e. The summed E-state index contributed by atoms with van der Waals surface area (Å²) in [5.74, 6) is 2.33. The Hall–Kier alpha value is -1.94. The Morgan fingerprint density at radius 1 is 1.18 bits per heavy atom. The number of thioether (sulfide) groups is 1. The van der Waals surface area contributed by atoms with Crippen LogP contribution in [0.1, 0.15) is 17.2 Å². The Labute approximate surface area is 134 Å². The minimum Gasteiger partial charge on any atom is -0.363 e. The molecule has 1 atom stereocenters. The van der Waals surface area contributed by atoms with Crippen LogP contribution in [0.15, 0.2) is 48.7 Å². The van der Waals surface area contributed by atoms with Gasteiger partial charge in [-0.15, -0.1) is 0 Å². The molecule has 1 aromatic heterocycles. The van der Waals surface area contributed by atoms with Gasteiger partial charge in [-0.05, 0) is 30.7 Å². The first-order chi connectivity index (χ1) is 10.8. The van der Waals surface area contributed by atoms with Gasteiger partial charge in [0.15, 0.2) is 0 Å². The molecule has 0 bridgehead atoms. The van der Waals surface area contributed by atoms with Crippen LogP contribution in [0.3, 0.4) is 0 Å². The van der Waals surface area contributed by atoms with Gasteiger partial charge < -0.3 is 4.90 Å². The van der Waals surface area contributed by atoms with Crippen LogP contribution in [0.5, 0.6) is 0 Å². The number of aryl methyl sites for hydroxylation is 1. The Bertz CT molecular complexity index is 778. The number of benzene rings is 2. The molecule has 112 valence electrons. The Morgan fingerprint density at radius 3 is 2.91 bits per heavy atom. The van der Waals surface area contributed by atoms with Crippen molar-refractivity contribution in [1.29, 1.82) is 0 Å². The first-order valence-electron chi connectivity index (χ1n) is 7.65. The second-order valence-corrected chi connectivity index (χ2v) is 6.99. The van der Waals surface area contributed by atoms with Crippen molar-refractivity contribution in [3.05, 3.63) is 59.8 Å². The lowest BCUT2D eigenvalue weighted by molar-refractivity contribution is 0.687. The highest BCUT2D eigenvalue weighted by Gasteiger charge is 2.24. The highest BCUT2D eigenvalue weighted by atomic mass is 32.2. The fraction of sp³-hybridized carbons (Fsp3) is 0.278. The highest BCUT2D eigenvalue weighted by Crippen LogP contribution is 2.34. The number of aromatic nitrogens is 2. The van der Waals surface area contributed by atoms with Crippen molar-refractivity contribution in [3.63, 3.8) is 0 Å². The lowest BCUT2D eigenvalue weighted by Gasteiger charge is -2.37. The number of aromatic amines is 1. The topological polar surface area (TPSA) is 31.9 Å². The van der Waals surface area contributed by atoms with Crippen molar-refractivity contribution in [2.45, 2.75) is 13.0 Å². The Morgan fingerprint density at radius 2 is 2.05 bits per heavy atom. The molecule has 1 saturated heterocycles. The molecule has 1 unspecified atom stereocenters. The van der Waals surface area contributed by atoms with E-state index in [0.29, 0.717) is 6.04 Å². The predicted octanol–water partition coefficient (Wildman–Crippen LogP) is 4.17. The van der Waals surface area contributed by atoms with Crippen LogP contribution in [0.2, 0.25) is 0 Å². The van der Waals surface area contributed by atoms with Crippen LogP contribution in [-0.4, -0.2) is 28.2 Å². The number of fused-ring (bicyclic) bond motifs is 1. The van der Waals surface area contributed by atoms with E-state index >= 15 is 0 Å². The molecular formula is C18H19N3S. The standard InChI is InChI=1S/C18H19N3S/c1-13-2-4-14(5-3-13)18-12-22-9-8-21(18)16-7-6-15-11-19-20-17(15)10-16/h2-7,10-11,18H,8-9,12H2,1H3,(H,19,20). The van der Waals surface area contributed by atoms with E-state index in [2.05, 4.69) is 64.5 Å². The quantitative estimate of drug-likeness (QED) is 0.771. The van der Waals surface area contributed by atoms with E-state index in [-0.39, 0.29) is 0 Å². The number of hydrogen-bond acceptors (Lipinski definition) is 3. The predicted molar refractivity (Wildman–Crippen MR) is 94.7 cm³/mol. The maximum atomic E-state index is 4.13. The monoisotopic (exact) mass is 309 g/mol. The van der Waals surface area contributed by atoms with Gasteiger partial charge in [0, 0.05) is 29.1 Å². The molecule has 1 N–H and O–H groups in total. The molecule has 3 aromatic rings. The first kappa shape index (κ1) is 13.7. The van der Waals surface area contributed by atoms with E-state index in [1.807, 2.05) is 18.0 Å². The molecule has 0 radical (unpaired) electrons. The summed E-state index contributed by atoms with van der Waals surface area (Å²) in [4.78, 5) is 2.53. The SMILES string of the molecule is Cc1ccc(C2CSCCN2c2ccc3cn[nH]c3c2)cc1. The lowest BCUT2D eigenvalue weighted by atomic mass is 10.0. The molecule has 4 rings (SSSR count). The van der Waals surface area contributed by atoms with Crippen molar-refractivity contribution in [1.82, 2.24) is 10.2 Å². The molecule has 2 heterocycles. The summed E-state index contributed by atoms with van der Waals surface area (Å²) in [6, 6.07) is 16.0. The number of anilines is 1. The summed E-state index contributed by atoms with van der Waals surface area (Å²) in [5.41, 5.74) is 5.11. The van der Waals surface area contributed by atoms with Gasteiger partial charge in [-0.1, -0.05) is 29.8 Å². The molecule has 2 aromatic carbocycles. The molecule has 0 spiro atoms. The van der Waals surface area contributed by atoms with E-state index in [4.69, 9.17) is 0 Å². The van der Waals surface area contributed by atoms with Gasteiger partial charge in [0.2, 0.25) is 0 Å². The fourth-order valence-corrected chi connectivity index (χ4v) is 4.17. The number of H-pyrrole nitrogens is 1. The van der Waals surface area contributed by atoms with Gasteiger partial charge in [0.1, 0.15) is 0 Å². The molecule has 22 heavy (non-hydrogen) atoms. The summed E-state index contributed by atoms with van der Waals surface area (Å²) < 4.78 is 0. The number of nitrogens with one attached hydrogen (secondary N) is 1. The van der Waals surface area contributed by atoms with Gasteiger partial charge in [-0.25, -0.2) is 0 Å². The lowest BCUT2D eigenvalue weighted by Crippen LogP contribution is -2.36. The van der Waals surface area contributed by atoms with Crippen LogP contribution >= 0.6 is 11.8 Å². The molecule has 4 heteroatoms. The van der Waals surface area contributed by atoms with Crippen molar-refractivity contribution in [2.75, 3.05) is 23.0 Å². The normalized spacial score (nSPS) is 18.8. The van der Waals surface area contributed by atoms with Crippen molar-refractivity contribution >= 4 is 28.4 Å². The summed E-state index contributed by atoms with van der Waals surface area (Å²) >= 11 is 2.04. The number of nitrogens with zero attached hydrogens (tertiary/aromatic N) is 2. The third-order valence-electron chi connectivity index (χ3n) is 4.35. The highest BCUT2D eigenvalue weighted by molar-refractivity contribution is 7.99. The van der Waals surface area contributed by atoms with Gasteiger partial charge in [-0.2, -0.15) is 16.9 Å². The zero-order valence-electron chi connectivity index (χ0n) is 12.6. The van der Waals surface area contributed by atoms with Gasteiger partial charge >= 0.3 is 0 Å². The summed E-state index contributed by atoms with van der Waals surface area (Å²) in [6.45, 7) is 3.23. The van der Waals surface area contributed by atoms with Crippen LogP contribution in [-0.2, 0) is 0 Å². The van der Waals surface area contributed by atoms with Crippen LogP contribution in [0.25, 0.3) is 10.9 Å².